The van der Waals surface area contributed by atoms with Gasteiger partial charge in [-0.25, -0.2) is 4.99 Å². The molecule has 1 fully saturated rings. The molecule has 1 saturated heterocycles. The van der Waals surface area contributed by atoms with Crippen LogP contribution in [0, 0.1) is 0 Å². The van der Waals surface area contributed by atoms with Gasteiger partial charge in [-0.3, -0.25) is 4.98 Å². The minimum Gasteiger partial charge on any atom is -0.397 e. The third kappa shape index (κ3) is 2.98. The van der Waals surface area contributed by atoms with Crippen LogP contribution >= 0.6 is 11.3 Å². The Hall–Kier alpha value is -2.80. The number of pyridine rings is 1. The van der Waals surface area contributed by atoms with Crippen LogP contribution in [-0.4, -0.2) is 42.0 Å². The number of aliphatic imine (C=N–C) groups is 1. The van der Waals surface area contributed by atoms with E-state index in [1.54, 1.807) is 11.3 Å². The summed E-state index contributed by atoms with van der Waals surface area (Å²) in [4.78, 5) is 14.8. The first-order valence-electron chi connectivity index (χ1n) is 8.15. The fourth-order valence-corrected chi connectivity index (χ4v) is 3.80. The van der Waals surface area contributed by atoms with Crippen molar-refractivity contribution in [2.24, 2.45) is 10.7 Å². The lowest BCUT2D eigenvalue weighted by Crippen LogP contribution is -2.52. The van der Waals surface area contributed by atoms with E-state index in [4.69, 9.17) is 10.7 Å². The molecule has 0 radical (unpaired) electrons. The Labute approximate surface area is 151 Å². The predicted octanol–water partition coefficient (Wildman–Crippen LogP) is 2.46. The van der Waals surface area contributed by atoms with Gasteiger partial charge in [-0.1, -0.05) is 13.2 Å². The van der Waals surface area contributed by atoms with Crippen LogP contribution in [0.2, 0.25) is 0 Å². The number of anilines is 1. The number of rotatable bonds is 2. The number of hydrogen-bond acceptors (Lipinski definition) is 7. The van der Waals surface area contributed by atoms with E-state index in [2.05, 4.69) is 38.6 Å². The molecule has 25 heavy (non-hydrogen) atoms. The highest BCUT2D eigenvalue weighted by Crippen LogP contribution is 2.33. The first kappa shape index (κ1) is 15.7. The summed E-state index contributed by atoms with van der Waals surface area (Å²) in [5.41, 5.74) is 9.94. The molecule has 2 aromatic heterocycles. The van der Waals surface area contributed by atoms with E-state index < -0.39 is 0 Å². The molecular weight excluding hydrogens is 332 g/mol. The number of thiophene rings is 1. The Balaban J connectivity index is 1.44. The Morgan fingerprint density at radius 1 is 1.16 bits per heavy atom. The van der Waals surface area contributed by atoms with Gasteiger partial charge in [0.25, 0.3) is 0 Å². The largest absolute Gasteiger partial charge is 0.397 e. The number of piperazine rings is 1. The monoisotopic (exact) mass is 352 g/mol. The summed E-state index contributed by atoms with van der Waals surface area (Å²) in [5, 5.41) is 5.39. The summed E-state index contributed by atoms with van der Waals surface area (Å²) in [6, 6.07) is 6.01. The number of aromatic nitrogens is 1. The highest BCUT2D eigenvalue weighted by Gasteiger charge is 2.24. The Bertz CT molecular complexity index is 843. The molecule has 0 aromatic carbocycles. The second-order valence-electron chi connectivity index (χ2n) is 6.07. The number of nitrogens with zero attached hydrogens (tertiary/aromatic N) is 4. The fourth-order valence-electron chi connectivity index (χ4n) is 3.04. The van der Waals surface area contributed by atoms with Crippen molar-refractivity contribution in [3.63, 3.8) is 0 Å². The quantitative estimate of drug-likeness (QED) is 0.869. The zero-order valence-corrected chi connectivity index (χ0v) is 14.7. The van der Waals surface area contributed by atoms with Crippen molar-refractivity contribution in [3.05, 3.63) is 53.5 Å². The van der Waals surface area contributed by atoms with Gasteiger partial charge in [0.2, 0.25) is 5.96 Å². The second-order valence-corrected chi connectivity index (χ2v) is 6.99. The number of fused-ring (bicyclic) bond motifs is 1. The van der Waals surface area contributed by atoms with Crippen LogP contribution < -0.4 is 16.0 Å². The third-order valence-corrected chi connectivity index (χ3v) is 5.39. The predicted molar refractivity (Wildman–Crippen MR) is 105 cm³/mol. The lowest BCUT2D eigenvalue weighted by atomic mass is 10.2. The normalized spacial score (nSPS) is 17.0. The SMILES string of the molecule is C=C(N)c1ccc(N2CCN(C3=Nc4ccsc4C(=C)N3)CC2)cn1. The molecule has 2 aliphatic rings. The molecule has 3 N–H and O–H groups in total. The fraction of sp³-hybridized carbons (Fsp3) is 0.222. The lowest BCUT2D eigenvalue weighted by molar-refractivity contribution is 0.377. The summed E-state index contributed by atoms with van der Waals surface area (Å²) < 4.78 is 0. The molecule has 0 bridgehead atoms. The minimum atomic E-state index is 0.491. The highest BCUT2D eigenvalue weighted by molar-refractivity contribution is 7.11. The van der Waals surface area contributed by atoms with E-state index >= 15 is 0 Å². The Morgan fingerprint density at radius 2 is 1.92 bits per heavy atom. The van der Waals surface area contributed by atoms with Gasteiger partial charge < -0.3 is 20.9 Å². The van der Waals surface area contributed by atoms with Crippen LogP contribution in [0.5, 0.6) is 0 Å². The molecule has 0 atom stereocenters. The van der Waals surface area contributed by atoms with E-state index in [0.717, 1.165) is 59.8 Å². The van der Waals surface area contributed by atoms with Crippen LogP contribution in [0.15, 0.2) is 47.9 Å². The maximum absolute atomic E-state index is 5.68. The van der Waals surface area contributed by atoms with Gasteiger partial charge in [0, 0.05) is 26.2 Å². The van der Waals surface area contributed by atoms with Crippen molar-refractivity contribution >= 4 is 40.1 Å². The summed E-state index contributed by atoms with van der Waals surface area (Å²) in [6.07, 6.45) is 1.86. The highest BCUT2D eigenvalue weighted by atomic mass is 32.1. The van der Waals surface area contributed by atoms with Crippen LogP contribution in [0.25, 0.3) is 11.4 Å². The zero-order valence-electron chi connectivity index (χ0n) is 13.9. The first-order valence-corrected chi connectivity index (χ1v) is 9.03. The van der Waals surface area contributed by atoms with Crippen LogP contribution in [0.3, 0.4) is 0 Å². The zero-order chi connectivity index (χ0) is 17.4. The number of hydrogen-bond donors (Lipinski definition) is 2. The third-order valence-electron chi connectivity index (χ3n) is 4.43. The number of guanidine groups is 1. The molecule has 2 aromatic rings. The van der Waals surface area contributed by atoms with E-state index in [-0.39, 0.29) is 0 Å². The van der Waals surface area contributed by atoms with Crippen LogP contribution in [0.1, 0.15) is 10.6 Å². The average molecular weight is 352 g/mol. The van der Waals surface area contributed by atoms with Crippen molar-refractivity contribution in [2.45, 2.75) is 0 Å². The molecule has 0 spiro atoms. The number of nitrogens with two attached hydrogens (primary N) is 1. The molecule has 128 valence electrons. The van der Waals surface area contributed by atoms with E-state index in [0.29, 0.717) is 5.70 Å². The summed E-state index contributed by atoms with van der Waals surface area (Å²) in [6.45, 7) is 11.4. The molecule has 2 aliphatic heterocycles. The van der Waals surface area contributed by atoms with E-state index in [1.165, 1.54) is 0 Å². The topological polar surface area (TPSA) is 69.8 Å². The summed E-state index contributed by atoms with van der Waals surface area (Å²) in [7, 11) is 0. The van der Waals surface area contributed by atoms with Crippen LogP contribution in [-0.2, 0) is 0 Å². The minimum absolute atomic E-state index is 0.491. The summed E-state index contributed by atoms with van der Waals surface area (Å²) in [5.74, 6) is 0.892. The molecule has 0 amide bonds. The van der Waals surface area contributed by atoms with E-state index in [9.17, 15) is 0 Å². The number of nitrogens with one attached hydrogen (secondary N) is 1. The van der Waals surface area contributed by atoms with Gasteiger partial charge in [-0.15, -0.1) is 11.3 Å². The van der Waals surface area contributed by atoms with Crippen molar-refractivity contribution in [3.8, 4) is 0 Å². The molecule has 0 aliphatic carbocycles. The standard InChI is InChI=1S/C18H20N6S/c1-12(19)15-4-3-14(11-20-15)23-6-8-24(9-7-23)18-21-13(2)17-16(22-18)5-10-25-17/h3-5,10-11H,1-2,6-9,19H2,(H,21,22). The van der Waals surface area contributed by atoms with Gasteiger partial charge in [-0.2, -0.15) is 0 Å². The van der Waals surface area contributed by atoms with E-state index in [1.807, 2.05) is 24.4 Å². The maximum atomic E-state index is 5.68. The van der Waals surface area contributed by atoms with Gasteiger partial charge in [-0.05, 0) is 23.6 Å². The molecule has 4 rings (SSSR count). The van der Waals surface area contributed by atoms with Gasteiger partial charge in [0.15, 0.2) is 0 Å². The first-order chi connectivity index (χ1) is 12.1. The van der Waals surface area contributed by atoms with Crippen molar-refractivity contribution in [1.29, 1.82) is 0 Å². The van der Waals surface area contributed by atoms with Crippen molar-refractivity contribution < 1.29 is 0 Å². The Morgan fingerprint density at radius 3 is 2.60 bits per heavy atom. The molecule has 0 unspecified atom stereocenters. The van der Waals surface area contributed by atoms with Crippen molar-refractivity contribution in [2.75, 3.05) is 31.1 Å². The van der Waals surface area contributed by atoms with Gasteiger partial charge in [0.1, 0.15) is 0 Å². The van der Waals surface area contributed by atoms with Gasteiger partial charge in [0.05, 0.1) is 39.5 Å². The molecule has 6 nitrogen and oxygen atoms in total. The van der Waals surface area contributed by atoms with Gasteiger partial charge >= 0.3 is 0 Å². The molecule has 7 heteroatoms. The lowest BCUT2D eigenvalue weighted by Gasteiger charge is -2.38. The average Bonchev–Trinajstić information content (AvgIpc) is 3.11. The molecule has 0 saturated carbocycles. The smallest absolute Gasteiger partial charge is 0.203 e. The summed E-state index contributed by atoms with van der Waals surface area (Å²) >= 11 is 1.67. The van der Waals surface area contributed by atoms with Crippen LogP contribution in [0.4, 0.5) is 11.4 Å². The Kier molecular flexibility index (Phi) is 3.93. The second kappa shape index (κ2) is 6.25. The molecule has 4 heterocycles. The van der Waals surface area contributed by atoms with Crippen molar-refractivity contribution in [1.82, 2.24) is 15.2 Å². The molecular formula is C18H20N6S. The maximum Gasteiger partial charge on any atom is 0.203 e.